The molecule has 4 amide bonds. The number of hydrogen-bond donors (Lipinski definition) is 1. The van der Waals surface area contributed by atoms with Crippen molar-refractivity contribution in [2.75, 3.05) is 53.1 Å². The highest BCUT2D eigenvalue weighted by Gasteiger charge is 2.54. The molecule has 80 heavy (non-hydrogen) atoms. The van der Waals surface area contributed by atoms with Gasteiger partial charge in [-0.3, -0.25) is 33.1 Å². The number of nitrogens with one attached hydrogen (secondary N) is 1. The number of pyridine rings is 1. The first-order chi connectivity index (χ1) is 38.5. The molecule has 4 aliphatic rings. The Bertz CT molecular complexity index is 3180. The number of phosphoric acid groups is 1. The fraction of sp³-hybridized carbons (Fsp3) is 0.375. The number of likely N-dealkylation sites (N-methyl/N-ethyl adjacent to an activating group) is 1. The normalized spacial score (nSPS) is 19.8. The van der Waals surface area contributed by atoms with Crippen molar-refractivity contribution in [3.8, 4) is 5.75 Å². The van der Waals surface area contributed by atoms with Gasteiger partial charge in [0.25, 0.3) is 11.8 Å². The Hall–Kier alpha value is -7.82. The molecule has 422 valence electrons. The molecule has 2 bridgehead atoms. The zero-order valence-corrected chi connectivity index (χ0v) is 45.1. The molecule has 1 N–H and O–H groups in total. The zero-order chi connectivity index (χ0) is 56.6. The van der Waals surface area contributed by atoms with Crippen LogP contribution in [0.1, 0.15) is 82.3 Å². The second-order valence-electron chi connectivity index (χ2n) is 20.0. The van der Waals surface area contributed by atoms with Gasteiger partial charge in [0.05, 0.1) is 31.0 Å². The molecule has 4 atom stereocenters. The molecule has 0 saturated carbocycles. The predicted octanol–water partition coefficient (Wildman–Crippen LogP) is 7.58. The van der Waals surface area contributed by atoms with E-state index in [4.69, 9.17) is 32.6 Å². The Labute approximate surface area is 459 Å². The maximum Gasteiger partial charge on any atom is 0.478 e. The lowest BCUT2D eigenvalue weighted by Crippen LogP contribution is -2.59. The number of piperazine rings is 1. The summed E-state index contributed by atoms with van der Waals surface area (Å²) < 4.78 is 78.1. The van der Waals surface area contributed by atoms with Gasteiger partial charge < -0.3 is 43.6 Å². The molecule has 1 aromatic heterocycles. The Morgan fingerprint density at radius 2 is 1.50 bits per heavy atom. The van der Waals surface area contributed by atoms with Crippen LogP contribution in [-0.2, 0) is 63.6 Å². The third-order valence-electron chi connectivity index (χ3n) is 14.3. The number of aromatic nitrogens is 1. The molecule has 2 fully saturated rings. The van der Waals surface area contributed by atoms with Crippen LogP contribution in [0.4, 0.5) is 18.4 Å². The van der Waals surface area contributed by atoms with Crippen LogP contribution in [0.15, 0.2) is 125 Å². The second kappa shape index (κ2) is 25.1. The molecule has 0 aliphatic carbocycles. The van der Waals surface area contributed by atoms with Crippen molar-refractivity contribution in [3.05, 3.63) is 171 Å². The smallest absolute Gasteiger partial charge is 0.459 e. The molecule has 0 radical (unpaired) electrons. The van der Waals surface area contributed by atoms with E-state index in [-0.39, 0.29) is 63.3 Å². The SMILES string of the molecule is CC1=NO[C@@]2(CC[C@H](C)N3C[C@H]2n2cc(C(=O)NCc4ccc(F)cc4F)c(=O)c(OC(=O)N4CCN(C)CC4CN(CC(=O)OCc4ccccc4)C(=O)OCOP(=O)(OCc4ccccc4)OCc4ccccc4)c2C3=O)C1. The molecule has 1 spiro atoms. The number of ether oxygens (including phenoxy) is 3. The van der Waals surface area contributed by atoms with Gasteiger partial charge in [0.1, 0.15) is 30.3 Å². The fourth-order valence-corrected chi connectivity index (χ4v) is 11.1. The van der Waals surface area contributed by atoms with Crippen molar-refractivity contribution >= 4 is 43.5 Å². The van der Waals surface area contributed by atoms with Gasteiger partial charge in [-0.25, -0.2) is 27.5 Å². The van der Waals surface area contributed by atoms with E-state index in [2.05, 4.69) is 10.5 Å². The van der Waals surface area contributed by atoms with Crippen molar-refractivity contribution < 1.29 is 69.9 Å². The summed E-state index contributed by atoms with van der Waals surface area (Å²) in [6.07, 6.45) is 0.132. The van der Waals surface area contributed by atoms with Crippen LogP contribution in [-0.4, -0.2) is 131 Å². The molecule has 4 aliphatic heterocycles. The standard InChI is InChI=1S/C56H60F2N7O14P/c1-37-26-56(79-60-37)22-21-38(2)64-31-47(56)65-30-45(52(68)59-27-42-19-20-43(57)25-46(42)58)50(67)51(49(65)53(64)69)78-55(71)63-24-23-61(3)28-44(63)29-62(32-48(66)73-33-39-13-7-4-8-14-39)54(70)74-36-77-80(72,75-34-40-15-9-5-10-16-40)76-35-41-17-11-6-12-18-41/h4-20,25,30,38,44,47H,21-24,26-29,31-36H2,1-3H3,(H,59,68)/t38-,44?,47+,56-/m0/s1. The largest absolute Gasteiger partial charge is 0.478 e. The number of nitrogens with zero attached hydrogens (tertiary/aromatic N) is 6. The fourth-order valence-electron chi connectivity index (χ4n) is 10.1. The first-order valence-corrected chi connectivity index (χ1v) is 27.4. The van der Waals surface area contributed by atoms with Gasteiger partial charge in [-0.05, 0) is 56.5 Å². The summed E-state index contributed by atoms with van der Waals surface area (Å²) in [7, 11) is -2.71. The Morgan fingerprint density at radius 3 is 2.12 bits per heavy atom. The van der Waals surface area contributed by atoms with E-state index in [1.54, 1.807) is 110 Å². The summed E-state index contributed by atoms with van der Waals surface area (Å²) in [5.74, 6) is -5.11. The predicted molar refractivity (Wildman–Crippen MR) is 283 cm³/mol. The van der Waals surface area contributed by atoms with Crippen molar-refractivity contribution in [3.63, 3.8) is 0 Å². The van der Waals surface area contributed by atoms with Crippen LogP contribution >= 0.6 is 7.82 Å². The lowest BCUT2D eigenvalue weighted by Gasteiger charge is -2.42. The Morgan fingerprint density at radius 1 is 0.850 bits per heavy atom. The second-order valence-corrected chi connectivity index (χ2v) is 21.7. The van der Waals surface area contributed by atoms with E-state index >= 15 is 0 Å². The molecule has 5 aromatic rings. The van der Waals surface area contributed by atoms with E-state index in [1.165, 1.54) is 15.7 Å². The topological polar surface area (TPSA) is 226 Å². The summed E-state index contributed by atoms with van der Waals surface area (Å²) in [6, 6.07) is 27.1. The number of halogens is 2. The molecule has 24 heteroatoms. The molecule has 1 unspecified atom stereocenters. The van der Waals surface area contributed by atoms with Crippen LogP contribution in [0.3, 0.4) is 0 Å². The molecule has 4 aromatic carbocycles. The van der Waals surface area contributed by atoms with Gasteiger partial charge in [0, 0.05) is 69.6 Å². The first-order valence-electron chi connectivity index (χ1n) is 25.9. The van der Waals surface area contributed by atoms with Crippen LogP contribution in [0.2, 0.25) is 0 Å². The molecule has 5 heterocycles. The minimum absolute atomic E-state index is 0.0641. The van der Waals surface area contributed by atoms with Crippen molar-refractivity contribution in [1.82, 2.24) is 29.5 Å². The van der Waals surface area contributed by atoms with Crippen LogP contribution in [0.5, 0.6) is 5.75 Å². The highest BCUT2D eigenvalue weighted by molar-refractivity contribution is 7.48. The van der Waals surface area contributed by atoms with Gasteiger partial charge in [0.15, 0.2) is 11.3 Å². The highest BCUT2D eigenvalue weighted by Crippen LogP contribution is 2.51. The number of hydrogen-bond acceptors (Lipinski definition) is 16. The van der Waals surface area contributed by atoms with Gasteiger partial charge in [-0.1, -0.05) is 102 Å². The minimum Gasteiger partial charge on any atom is -0.459 e. The maximum atomic E-state index is 14.9. The lowest BCUT2D eigenvalue weighted by molar-refractivity contribution is -0.146. The molecule has 9 rings (SSSR count). The monoisotopic (exact) mass is 1120 g/mol. The number of phosphoric ester groups is 1. The number of oxime groups is 1. The van der Waals surface area contributed by atoms with E-state index in [9.17, 15) is 42.1 Å². The summed E-state index contributed by atoms with van der Waals surface area (Å²) in [4.78, 5) is 98.2. The number of carbonyl (C=O) groups is 5. The van der Waals surface area contributed by atoms with Crippen LogP contribution in [0, 0.1) is 11.6 Å². The number of benzene rings is 4. The van der Waals surface area contributed by atoms with E-state index in [0.717, 1.165) is 17.0 Å². The van der Waals surface area contributed by atoms with E-state index in [1.807, 2.05) is 11.8 Å². The average molecular weight is 1120 g/mol. The van der Waals surface area contributed by atoms with Gasteiger partial charge in [-0.15, -0.1) is 0 Å². The number of esters is 1. The average Bonchev–Trinajstić information content (AvgIpc) is 4.00. The van der Waals surface area contributed by atoms with E-state index < -0.39 is 110 Å². The molecule has 21 nitrogen and oxygen atoms in total. The third kappa shape index (κ3) is 13.4. The van der Waals surface area contributed by atoms with Crippen LogP contribution in [0.25, 0.3) is 0 Å². The Balaban J connectivity index is 0.998. The first kappa shape index (κ1) is 56.9. The Kier molecular flexibility index (Phi) is 17.8. The lowest BCUT2D eigenvalue weighted by atomic mass is 9.84. The summed E-state index contributed by atoms with van der Waals surface area (Å²) in [6.45, 7) is 0.870. The maximum absolute atomic E-state index is 14.9. The summed E-state index contributed by atoms with van der Waals surface area (Å²) in [5.41, 5.74) is -0.555. The molecular weight excluding hydrogens is 1060 g/mol. The van der Waals surface area contributed by atoms with Crippen LogP contribution < -0.4 is 15.5 Å². The molecule has 2 saturated heterocycles. The quantitative estimate of drug-likeness (QED) is 0.0478. The zero-order valence-electron chi connectivity index (χ0n) is 44.2. The van der Waals surface area contributed by atoms with Gasteiger partial charge in [-0.2, -0.15) is 0 Å². The summed E-state index contributed by atoms with van der Waals surface area (Å²) >= 11 is 0. The van der Waals surface area contributed by atoms with Crippen molar-refractivity contribution in [1.29, 1.82) is 0 Å². The molecular formula is C56H60F2N7O14P. The summed E-state index contributed by atoms with van der Waals surface area (Å²) in [5, 5.41) is 6.76. The van der Waals surface area contributed by atoms with Gasteiger partial charge in [0.2, 0.25) is 18.0 Å². The van der Waals surface area contributed by atoms with E-state index in [0.29, 0.717) is 47.7 Å². The minimum atomic E-state index is -4.46. The number of carbonyl (C=O) groups excluding carboxylic acids is 5. The van der Waals surface area contributed by atoms with Crippen molar-refractivity contribution in [2.45, 2.75) is 83.2 Å². The van der Waals surface area contributed by atoms with Crippen molar-refractivity contribution in [2.24, 2.45) is 5.16 Å². The third-order valence-corrected chi connectivity index (χ3v) is 15.7. The van der Waals surface area contributed by atoms with Gasteiger partial charge >= 0.3 is 26.0 Å². The number of amides is 4. The highest BCUT2D eigenvalue weighted by atomic mass is 31.2. The number of rotatable bonds is 19. The number of fused-ring (bicyclic) bond motifs is 5.